The molecule has 1 saturated carbocycles. The van der Waals surface area contributed by atoms with E-state index in [9.17, 15) is 14.4 Å². The van der Waals surface area contributed by atoms with Crippen molar-refractivity contribution < 1.29 is 23.9 Å². The fourth-order valence-electron chi connectivity index (χ4n) is 3.02. The topological polar surface area (TPSA) is 93.7 Å². The molecule has 2 rings (SSSR count). The van der Waals surface area contributed by atoms with Crippen LogP contribution in [0.4, 0.5) is 4.79 Å². The molecule has 1 fully saturated rings. The van der Waals surface area contributed by atoms with Crippen molar-refractivity contribution in [3.63, 3.8) is 0 Å². The van der Waals surface area contributed by atoms with Crippen LogP contribution in [-0.2, 0) is 9.53 Å². The summed E-state index contributed by atoms with van der Waals surface area (Å²) in [5.74, 6) is -0.234. The molecule has 0 heterocycles. The summed E-state index contributed by atoms with van der Waals surface area (Å²) >= 11 is 0. The molecule has 2 N–H and O–H groups in total. The van der Waals surface area contributed by atoms with Crippen molar-refractivity contribution in [2.24, 2.45) is 5.92 Å². The van der Waals surface area contributed by atoms with E-state index in [4.69, 9.17) is 9.47 Å². The second kappa shape index (κ2) is 10.5. The fraction of sp³-hybridized carbons (Fsp3) is 0.550. The van der Waals surface area contributed by atoms with Crippen LogP contribution in [-0.4, -0.2) is 37.2 Å². The Bertz CT molecular complexity index is 644. The number of esters is 1. The number of ether oxygens (including phenoxy) is 2. The first-order valence-electron chi connectivity index (χ1n) is 9.50. The first kappa shape index (κ1) is 20.7. The standard InChI is InChI=1S/C20H28N2O5/c1-3-12-26-16-10-8-15(9-11-16)19(24)27-13-18(23)22-20(25)21-17-7-5-4-6-14(17)2/h8-11,14,17H,3-7,12-13H2,1-2H3,(H2,21,22,23,25)/t14-,17+/m1/s1. The molecule has 1 aromatic carbocycles. The number of carbonyl (C=O) groups excluding carboxylic acids is 3. The van der Waals surface area contributed by atoms with Gasteiger partial charge in [-0.25, -0.2) is 9.59 Å². The SMILES string of the molecule is CCCOc1ccc(C(=O)OCC(=O)NC(=O)N[C@H]2CCCC[C@H]2C)cc1. The molecule has 1 aromatic rings. The number of imide groups is 1. The van der Waals surface area contributed by atoms with Crippen LogP contribution in [0.2, 0.25) is 0 Å². The summed E-state index contributed by atoms with van der Waals surface area (Å²) in [6.45, 7) is 4.19. The van der Waals surface area contributed by atoms with Crippen LogP contribution in [0.15, 0.2) is 24.3 Å². The van der Waals surface area contributed by atoms with Crippen LogP contribution < -0.4 is 15.4 Å². The van der Waals surface area contributed by atoms with Crippen LogP contribution in [0.3, 0.4) is 0 Å². The van der Waals surface area contributed by atoms with Gasteiger partial charge in [-0.3, -0.25) is 10.1 Å². The minimum absolute atomic E-state index is 0.0718. The van der Waals surface area contributed by atoms with Gasteiger partial charge in [-0.2, -0.15) is 0 Å². The Morgan fingerprint density at radius 2 is 1.81 bits per heavy atom. The van der Waals surface area contributed by atoms with Crippen LogP contribution in [0, 0.1) is 5.92 Å². The third-order valence-electron chi connectivity index (χ3n) is 4.58. The Balaban J connectivity index is 1.72. The summed E-state index contributed by atoms with van der Waals surface area (Å²) in [5.41, 5.74) is 0.312. The summed E-state index contributed by atoms with van der Waals surface area (Å²) in [6.07, 6.45) is 5.12. The smallest absolute Gasteiger partial charge is 0.338 e. The largest absolute Gasteiger partial charge is 0.494 e. The second-order valence-corrected chi connectivity index (χ2v) is 6.84. The highest BCUT2D eigenvalue weighted by Crippen LogP contribution is 2.23. The molecule has 1 aliphatic rings. The molecule has 0 aliphatic heterocycles. The molecule has 7 nitrogen and oxygen atoms in total. The predicted octanol–water partition coefficient (Wildman–Crippen LogP) is 3.04. The summed E-state index contributed by atoms with van der Waals surface area (Å²) in [7, 11) is 0. The number of benzene rings is 1. The summed E-state index contributed by atoms with van der Waals surface area (Å²) in [4.78, 5) is 35.7. The van der Waals surface area contributed by atoms with Crippen molar-refractivity contribution in [3.8, 4) is 5.75 Å². The van der Waals surface area contributed by atoms with Gasteiger partial charge in [-0.15, -0.1) is 0 Å². The minimum atomic E-state index is -0.660. The second-order valence-electron chi connectivity index (χ2n) is 6.84. The lowest BCUT2D eigenvalue weighted by Gasteiger charge is -2.29. The number of urea groups is 1. The highest BCUT2D eigenvalue weighted by Gasteiger charge is 2.23. The van der Waals surface area contributed by atoms with Crippen molar-refractivity contribution in [1.29, 1.82) is 0 Å². The van der Waals surface area contributed by atoms with E-state index in [0.29, 0.717) is 23.8 Å². The number of hydrogen-bond acceptors (Lipinski definition) is 5. The van der Waals surface area contributed by atoms with E-state index in [-0.39, 0.29) is 6.04 Å². The third kappa shape index (κ3) is 6.92. The van der Waals surface area contributed by atoms with Crippen LogP contribution in [0.25, 0.3) is 0 Å². The average molecular weight is 376 g/mol. The molecular formula is C20H28N2O5. The van der Waals surface area contributed by atoms with Gasteiger partial charge >= 0.3 is 12.0 Å². The molecule has 0 saturated heterocycles. The molecule has 0 radical (unpaired) electrons. The zero-order valence-electron chi connectivity index (χ0n) is 16.0. The summed E-state index contributed by atoms with van der Waals surface area (Å²) in [6, 6.07) is 6.01. The number of amides is 3. The van der Waals surface area contributed by atoms with Crippen molar-refractivity contribution in [2.45, 2.75) is 52.0 Å². The van der Waals surface area contributed by atoms with Gasteiger partial charge < -0.3 is 14.8 Å². The lowest BCUT2D eigenvalue weighted by atomic mass is 9.86. The predicted molar refractivity (Wildman–Crippen MR) is 101 cm³/mol. The van der Waals surface area contributed by atoms with Gasteiger partial charge in [0.1, 0.15) is 5.75 Å². The normalized spacial score (nSPS) is 19.0. The van der Waals surface area contributed by atoms with E-state index in [1.54, 1.807) is 24.3 Å². The average Bonchev–Trinajstić information content (AvgIpc) is 2.66. The summed E-state index contributed by atoms with van der Waals surface area (Å²) < 4.78 is 10.4. The Morgan fingerprint density at radius 3 is 2.48 bits per heavy atom. The number of nitrogens with one attached hydrogen (secondary N) is 2. The molecule has 0 spiro atoms. The Morgan fingerprint density at radius 1 is 1.11 bits per heavy atom. The maximum atomic E-state index is 12.0. The molecule has 0 bridgehead atoms. The first-order chi connectivity index (χ1) is 13.0. The van der Waals surface area contributed by atoms with E-state index in [0.717, 1.165) is 25.7 Å². The zero-order chi connectivity index (χ0) is 19.6. The molecule has 7 heteroatoms. The van der Waals surface area contributed by atoms with Gasteiger partial charge in [0.15, 0.2) is 6.61 Å². The van der Waals surface area contributed by atoms with Gasteiger partial charge in [0.25, 0.3) is 5.91 Å². The molecule has 0 aromatic heterocycles. The van der Waals surface area contributed by atoms with Crippen LogP contribution >= 0.6 is 0 Å². The fourth-order valence-corrected chi connectivity index (χ4v) is 3.02. The maximum Gasteiger partial charge on any atom is 0.338 e. The van der Waals surface area contributed by atoms with E-state index < -0.39 is 24.5 Å². The number of hydrogen-bond donors (Lipinski definition) is 2. The Labute approximate surface area is 159 Å². The van der Waals surface area contributed by atoms with Crippen molar-refractivity contribution >= 4 is 17.9 Å². The summed E-state index contributed by atoms with van der Waals surface area (Å²) in [5, 5.41) is 5.02. The first-order valence-corrected chi connectivity index (χ1v) is 9.50. The lowest BCUT2D eigenvalue weighted by molar-refractivity contribution is -0.123. The van der Waals surface area contributed by atoms with Crippen LogP contribution in [0.1, 0.15) is 56.3 Å². The van der Waals surface area contributed by atoms with E-state index >= 15 is 0 Å². The third-order valence-corrected chi connectivity index (χ3v) is 4.58. The van der Waals surface area contributed by atoms with Gasteiger partial charge in [0.05, 0.1) is 12.2 Å². The van der Waals surface area contributed by atoms with E-state index in [1.165, 1.54) is 6.42 Å². The highest BCUT2D eigenvalue weighted by molar-refractivity contribution is 5.97. The van der Waals surface area contributed by atoms with E-state index in [2.05, 4.69) is 17.6 Å². The van der Waals surface area contributed by atoms with E-state index in [1.807, 2.05) is 6.92 Å². The van der Waals surface area contributed by atoms with Gasteiger partial charge in [-0.05, 0) is 49.4 Å². The maximum absolute atomic E-state index is 12.0. The van der Waals surface area contributed by atoms with Crippen LogP contribution in [0.5, 0.6) is 5.75 Å². The molecule has 0 unspecified atom stereocenters. The monoisotopic (exact) mass is 376 g/mol. The molecular weight excluding hydrogens is 348 g/mol. The highest BCUT2D eigenvalue weighted by atomic mass is 16.5. The molecule has 27 heavy (non-hydrogen) atoms. The molecule has 1 aliphatic carbocycles. The van der Waals surface area contributed by atoms with Crippen molar-refractivity contribution in [1.82, 2.24) is 10.6 Å². The van der Waals surface area contributed by atoms with Crippen molar-refractivity contribution in [3.05, 3.63) is 29.8 Å². The Kier molecular flexibility index (Phi) is 8.10. The quantitative estimate of drug-likeness (QED) is 0.714. The molecule has 148 valence electrons. The lowest BCUT2D eigenvalue weighted by Crippen LogP contribution is -2.48. The number of rotatable bonds is 7. The number of carbonyl (C=O) groups is 3. The van der Waals surface area contributed by atoms with Gasteiger partial charge in [0, 0.05) is 6.04 Å². The minimum Gasteiger partial charge on any atom is -0.494 e. The zero-order valence-corrected chi connectivity index (χ0v) is 16.0. The molecule has 3 amide bonds. The molecule has 2 atom stereocenters. The van der Waals surface area contributed by atoms with Gasteiger partial charge in [0.2, 0.25) is 0 Å². The Hall–Kier alpha value is -2.57. The van der Waals surface area contributed by atoms with Crippen molar-refractivity contribution in [2.75, 3.05) is 13.2 Å². The van der Waals surface area contributed by atoms with Gasteiger partial charge in [-0.1, -0.05) is 26.7 Å².